The molecule has 0 atom stereocenters. The number of likely N-dealkylation sites (tertiary alicyclic amines) is 1. The minimum Gasteiger partial charge on any atom is -0.351 e. The number of rotatable bonds is 6. The van der Waals surface area contributed by atoms with E-state index < -0.39 is 0 Å². The highest BCUT2D eigenvalue weighted by Crippen LogP contribution is 2.28. The number of hydrogen-bond donors (Lipinski definition) is 1. The summed E-state index contributed by atoms with van der Waals surface area (Å²) in [5.41, 5.74) is 1.62. The zero-order chi connectivity index (χ0) is 20.9. The fourth-order valence-electron chi connectivity index (χ4n) is 3.55. The molecule has 1 N–H and O–H groups in total. The molecule has 1 fully saturated rings. The lowest BCUT2D eigenvalue weighted by atomic mass is 9.97. The molecule has 1 aliphatic rings. The Labute approximate surface area is 179 Å². The third-order valence-electron chi connectivity index (χ3n) is 5.28. The molecule has 0 saturated carbocycles. The van der Waals surface area contributed by atoms with Crippen LogP contribution in [-0.4, -0.2) is 40.6 Å². The zero-order valence-corrected chi connectivity index (χ0v) is 17.1. The van der Waals surface area contributed by atoms with Crippen molar-refractivity contribution in [3.63, 3.8) is 0 Å². The van der Waals surface area contributed by atoms with Gasteiger partial charge in [-0.3, -0.25) is 9.69 Å². The minimum atomic E-state index is -0.300. The summed E-state index contributed by atoms with van der Waals surface area (Å²) >= 11 is 6.12. The summed E-state index contributed by atoms with van der Waals surface area (Å²) in [6.45, 7) is 2.32. The molecule has 0 bridgehead atoms. The van der Waals surface area contributed by atoms with Gasteiger partial charge in [-0.25, -0.2) is 4.39 Å². The summed E-state index contributed by atoms with van der Waals surface area (Å²) in [6.07, 6.45) is 1.67. The molecule has 2 aromatic carbocycles. The van der Waals surface area contributed by atoms with Crippen LogP contribution in [0, 0.1) is 5.82 Å². The molecular weight excluding hydrogens is 407 g/mol. The van der Waals surface area contributed by atoms with E-state index >= 15 is 0 Å². The number of nitrogens with zero attached hydrogens (tertiary/aromatic N) is 3. The standard InChI is InChI=1S/C22H22ClFN4O2/c23-19-4-2-1-3-17(19)13-25-20(29)14-28-11-9-16(10-12-28)22-26-21(27-30-22)15-5-7-18(24)8-6-15/h1-8,16H,9-14H2,(H,25,29). The lowest BCUT2D eigenvalue weighted by Crippen LogP contribution is -2.41. The van der Waals surface area contributed by atoms with Gasteiger partial charge in [0.1, 0.15) is 5.82 Å². The number of piperidine rings is 1. The first-order valence-electron chi connectivity index (χ1n) is 9.90. The first-order chi connectivity index (χ1) is 14.6. The molecule has 1 saturated heterocycles. The molecule has 8 heteroatoms. The number of carbonyl (C=O) groups excluding carboxylic acids is 1. The zero-order valence-electron chi connectivity index (χ0n) is 16.4. The van der Waals surface area contributed by atoms with Gasteiger partial charge in [0.15, 0.2) is 0 Å². The van der Waals surface area contributed by atoms with E-state index in [0.29, 0.717) is 29.8 Å². The van der Waals surface area contributed by atoms with E-state index in [9.17, 15) is 9.18 Å². The van der Waals surface area contributed by atoms with Crippen LogP contribution < -0.4 is 5.32 Å². The second-order valence-corrected chi connectivity index (χ2v) is 7.79. The van der Waals surface area contributed by atoms with Crippen molar-refractivity contribution >= 4 is 17.5 Å². The predicted octanol–water partition coefficient (Wildman–Crippen LogP) is 4.02. The van der Waals surface area contributed by atoms with Crippen LogP contribution >= 0.6 is 11.6 Å². The lowest BCUT2D eigenvalue weighted by Gasteiger charge is -2.29. The number of benzene rings is 2. The van der Waals surface area contributed by atoms with Gasteiger partial charge in [-0.2, -0.15) is 4.98 Å². The Morgan fingerprint density at radius 1 is 1.17 bits per heavy atom. The van der Waals surface area contributed by atoms with Crippen molar-refractivity contribution in [3.8, 4) is 11.4 Å². The lowest BCUT2D eigenvalue weighted by molar-refractivity contribution is -0.122. The molecule has 30 heavy (non-hydrogen) atoms. The molecule has 6 nitrogen and oxygen atoms in total. The van der Waals surface area contributed by atoms with Crippen molar-refractivity contribution < 1.29 is 13.7 Å². The molecule has 3 aromatic rings. The number of halogens is 2. The van der Waals surface area contributed by atoms with E-state index in [1.807, 2.05) is 24.3 Å². The van der Waals surface area contributed by atoms with E-state index in [1.165, 1.54) is 12.1 Å². The summed E-state index contributed by atoms with van der Waals surface area (Å²) in [6, 6.07) is 13.5. The molecular formula is C22H22ClFN4O2. The fraction of sp³-hybridized carbons (Fsp3) is 0.318. The maximum Gasteiger partial charge on any atom is 0.234 e. The van der Waals surface area contributed by atoms with Gasteiger partial charge in [0.25, 0.3) is 0 Å². The van der Waals surface area contributed by atoms with Gasteiger partial charge in [0.2, 0.25) is 17.6 Å². The summed E-state index contributed by atoms with van der Waals surface area (Å²) in [7, 11) is 0. The largest absolute Gasteiger partial charge is 0.351 e. The topological polar surface area (TPSA) is 71.3 Å². The van der Waals surface area contributed by atoms with Crippen molar-refractivity contribution in [3.05, 3.63) is 70.8 Å². The molecule has 156 valence electrons. The Morgan fingerprint density at radius 2 is 1.90 bits per heavy atom. The maximum absolute atomic E-state index is 13.1. The van der Waals surface area contributed by atoms with E-state index in [2.05, 4.69) is 20.4 Å². The molecule has 2 heterocycles. The SMILES string of the molecule is O=C(CN1CCC(c2nc(-c3ccc(F)cc3)no2)CC1)NCc1ccccc1Cl. The molecule has 0 aliphatic carbocycles. The van der Waals surface area contributed by atoms with E-state index in [0.717, 1.165) is 37.1 Å². The van der Waals surface area contributed by atoms with Gasteiger partial charge >= 0.3 is 0 Å². The van der Waals surface area contributed by atoms with Crippen LogP contribution in [0.4, 0.5) is 4.39 Å². The summed E-state index contributed by atoms with van der Waals surface area (Å²) in [5, 5.41) is 7.60. The summed E-state index contributed by atoms with van der Waals surface area (Å²) < 4.78 is 18.5. The molecule has 0 radical (unpaired) electrons. The van der Waals surface area contributed by atoms with Gasteiger partial charge < -0.3 is 9.84 Å². The van der Waals surface area contributed by atoms with Crippen molar-refractivity contribution in [2.45, 2.75) is 25.3 Å². The highest BCUT2D eigenvalue weighted by atomic mass is 35.5. The van der Waals surface area contributed by atoms with Crippen molar-refractivity contribution in [1.29, 1.82) is 0 Å². The molecule has 0 unspecified atom stereocenters. The highest BCUT2D eigenvalue weighted by molar-refractivity contribution is 6.31. The average molecular weight is 429 g/mol. The van der Waals surface area contributed by atoms with Gasteiger partial charge in [0.05, 0.1) is 6.54 Å². The molecule has 4 rings (SSSR count). The van der Waals surface area contributed by atoms with E-state index in [4.69, 9.17) is 16.1 Å². The van der Waals surface area contributed by atoms with Crippen LogP contribution in [0.3, 0.4) is 0 Å². The maximum atomic E-state index is 13.1. The van der Waals surface area contributed by atoms with Gasteiger partial charge in [-0.1, -0.05) is 35.0 Å². The first kappa shape index (κ1) is 20.5. The summed E-state index contributed by atoms with van der Waals surface area (Å²) in [4.78, 5) is 18.9. The van der Waals surface area contributed by atoms with E-state index in [1.54, 1.807) is 12.1 Å². The van der Waals surface area contributed by atoms with Crippen LogP contribution in [0.2, 0.25) is 5.02 Å². The number of amides is 1. The van der Waals surface area contributed by atoms with Gasteiger partial charge in [-0.05, 0) is 61.8 Å². The average Bonchev–Trinajstić information content (AvgIpc) is 3.24. The van der Waals surface area contributed by atoms with Crippen LogP contribution in [0.25, 0.3) is 11.4 Å². The number of nitrogens with one attached hydrogen (secondary N) is 1. The van der Waals surface area contributed by atoms with Crippen molar-refractivity contribution in [1.82, 2.24) is 20.4 Å². The molecule has 1 amide bonds. The normalized spacial score (nSPS) is 15.3. The predicted molar refractivity (Wildman–Crippen MR) is 111 cm³/mol. The van der Waals surface area contributed by atoms with Crippen LogP contribution in [-0.2, 0) is 11.3 Å². The summed E-state index contributed by atoms with van der Waals surface area (Å²) in [5.74, 6) is 0.896. The monoisotopic (exact) mass is 428 g/mol. The third kappa shape index (κ3) is 5.04. The van der Waals surface area contributed by atoms with Crippen LogP contribution in [0.1, 0.15) is 30.2 Å². The Kier molecular flexibility index (Phi) is 6.40. The fourth-order valence-corrected chi connectivity index (χ4v) is 3.75. The second-order valence-electron chi connectivity index (χ2n) is 7.38. The second kappa shape index (κ2) is 9.36. The Bertz CT molecular complexity index is 1000. The molecule has 1 aliphatic heterocycles. The Balaban J connectivity index is 1.25. The molecule has 0 spiro atoms. The third-order valence-corrected chi connectivity index (χ3v) is 5.65. The Hall–Kier alpha value is -2.77. The highest BCUT2D eigenvalue weighted by Gasteiger charge is 2.26. The van der Waals surface area contributed by atoms with E-state index in [-0.39, 0.29) is 17.6 Å². The number of carbonyl (C=O) groups is 1. The van der Waals surface area contributed by atoms with Gasteiger partial charge in [-0.15, -0.1) is 0 Å². The smallest absolute Gasteiger partial charge is 0.234 e. The number of hydrogen-bond acceptors (Lipinski definition) is 5. The van der Waals surface area contributed by atoms with Crippen molar-refractivity contribution in [2.75, 3.05) is 19.6 Å². The van der Waals surface area contributed by atoms with Crippen LogP contribution in [0.15, 0.2) is 53.1 Å². The molecule has 1 aromatic heterocycles. The quantitative estimate of drug-likeness (QED) is 0.642. The van der Waals surface area contributed by atoms with Gasteiger partial charge in [0, 0.05) is 23.0 Å². The first-order valence-corrected chi connectivity index (χ1v) is 10.3. The van der Waals surface area contributed by atoms with Crippen LogP contribution in [0.5, 0.6) is 0 Å². The minimum absolute atomic E-state index is 0.0234. The van der Waals surface area contributed by atoms with Crippen molar-refractivity contribution in [2.24, 2.45) is 0 Å². The Morgan fingerprint density at radius 3 is 2.63 bits per heavy atom. The number of aromatic nitrogens is 2.